The molecule has 0 aliphatic carbocycles. The van der Waals surface area contributed by atoms with Gasteiger partial charge in [-0.2, -0.15) is 0 Å². The minimum absolute atomic E-state index is 0.0325. The van der Waals surface area contributed by atoms with Crippen molar-refractivity contribution in [3.8, 4) is 0 Å². The molecule has 0 aromatic rings. The molecule has 0 aliphatic heterocycles. The Bertz CT molecular complexity index is 156. The van der Waals surface area contributed by atoms with Crippen LogP contribution < -0.4 is 11.1 Å². The van der Waals surface area contributed by atoms with E-state index in [4.69, 9.17) is 10.9 Å². The van der Waals surface area contributed by atoms with Gasteiger partial charge in [0.25, 0.3) is 0 Å². The maximum atomic E-state index is 8.40. The van der Waals surface area contributed by atoms with E-state index in [0.29, 0.717) is 0 Å². The molecule has 0 saturated carbocycles. The van der Waals surface area contributed by atoms with Gasteiger partial charge >= 0.3 is 0 Å². The monoisotopic (exact) mass is 171 g/mol. The van der Waals surface area contributed by atoms with Crippen LogP contribution in [-0.2, 0) is 0 Å². The van der Waals surface area contributed by atoms with Gasteiger partial charge in [-0.3, -0.25) is 0 Å². The molecule has 0 fully saturated rings. The minimum atomic E-state index is -0.0325. The Kier molecular flexibility index (Phi) is 6.09. The lowest BCUT2D eigenvalue weighted by Crippen LogP contribution is -2.41. The number of amidine groups is 1. The van der Waals surface area contributed by atoms with Crippen molar-refractivity contribution >= 4 is 5.84 Å². The van der Waals surface area contributed by atoms with Crippen molar-refractivity contribution in [1.29, 1.82) is 0 Å². The minimum Gasteiger partial charge on any atom is -0.409 e. The van der Waals surface area contributed by atoms with Gasteiger partial charge in [0.15, 0.2) is 5.84 Å². The number of hydrogen-bond donors (Lipinski definition) is 3. The molecule has 12 heavy (non-hydrogen) atoms. The number of hydrogen-bond acceptors (Lipinski definition) is 3. The van der Waals surface area contributed by atoms with E-state index in [-0.39, 0.29) is 11.9 Å². The SMILES string of the molecule is C=CCCNC(CC)/C(N)=N/O. The molecule has 0 spiro atoms. The van der Waals surface area contributed by atoms with Crippen molar-refractivity contribution in [2.24, 2.45) is 10.9 Å². The Morgan fingerprint density at radius 3 is 2.92 bits per heavy atom. The lowest BCUT2D eigenvalue weighted by Gasteiger charge is -2.13. The summed E-state index contributed by atoms with van der Waals surface area (Å²) < 4.78 is 0. The van der Waals surface area contributed by atoms with Crippen LogP contribution in [0.5, 0.6) is 0 Å². The van der Waals surface area contributed by atoms with E-state index in [0.717, 1.165) is 19.4 Å². The molecule has 0 radical (unpaired) electrons. The van der Waals surface area contributed by atoms with E-state index in [1.807, 2.05) is 13.0 Å². The number of nitrogens with one attached hydrogen (secondary N) is 1. The van der Waals surface area contributed by atoms with Gasteiger partial charge in [-0.05, 0) is 19.4 Å². The molecule has 0 heterocycles. The average molecular weight is 171 g/mol. The Morgan fingerprint density at radius 1 is 1.83 bits per heavy atom. The third-order valence-corrected chi connectivity index (χ3v) is 1.62. The Morgan fingerprint density at radius 2 is 2.50 bits per heavy atom. The zero-order valence-corrected chi connectivity index (χ0v) is 7.45. The first-order valence-electron chi connectivity index (χ1n) is 4.08. The highest BCUT2D eigenvalue weighted by atomic mass is 16.4. The van der Waals surface area contributed by atoms with Gasteiger partial charge < -0.3 is 16.3 Å². The summed E-state index contributed by atoms with van der Waals surface area (Å²) in [5.74, 6) is 0.238. The van der Waals surface area contributed by atoms with Crippen molar-refractivity contribution in [2.75, 3.05) is 6.54 Å². The van der Waals surface area contributed by atoms with Crippen molar-refractivity contribution in [1.82, 2.24) is 5.32 Å². The summed E-state index contributed by atoms with van der Waals surface area (Å²) in [6.07, 6.45) is 3.52. The third kappa shape index (κ3) is 3.98. The van der Waals surface area contributed by atoms with E-state index in [1.165, 1.54) is 0 Å². The molecule has 1 unspecified atom stereocenters. The molecule has 70 valence electrons. The second-order valence-electron chi connectivity index (χ2n) is 2.52. The van der Waals surface area contributed by atoms with Gasteiger partial charge in [-0.1, -0.05) is 18.2 Å². The van der Waals surface area contributed by atoms with Crippen molar-refractivity contribution in [3.63, 3.8) is 0 Å². The van der Waals surface area contributed by atoms with Crippen molar-refractivity contribution in [2.45, 2.75) is 25.8 Å². The van der Waals surface area contributed by atoms with Crippen LogP contribution in [0.2, 0.25) is 0 Å². The second kappa shape index (κ2) is 6.67. The Balaban J connectivity index is 3.75. The van der Waals surface area contributed by atoms with E-state index in [1.54, 1.807) is 0 Å². The first kappa shape index (κ1) is 11.0. The van der Waals surface area contributed by atoms with Gasteiger partial charge in [0.1, 0.15) is 0 Å². The summed E-state index contributed by atoms with van der Waals surface area (Å²) in [6.45, 7) is 6.38. The third-order valence-electron chi connectivity index (χ3n) is 1.62. The van der Waals surface area contributed by atoms with Crippen LogP contribution in [0.15, 0.2) is 17.8 Å². The van der Waals surface area contributed by atoms with Crippen LogP contribution in [0.25, 0.3) is 0 Å². The first-order valence-corrected chi connectivity index (χ1v) is 4.08. The van der Waals surface area contributed by atoms with Crippen molar-refractivity contribution < 1.29 is 5.21 Å². The van der Waals surface area contributed by atoms with Crippen LogP contribution in [0.3, 0.4) is 0 Å². The molecule has 0 amide bonds. The molecule has 4 nitrogen and oxygen atoms in total. The lowest BCUT2D eigenvalue weighted by atomic mass is 10.2. The normalized spacial score (nSPS) is 14.2. The van der Waals surface area contributed by atoms with Crippen LogP contribution in [0, 0.1) is 0 Å². The number of nitrogens with two attached hydrogens (primary N) is 1. The molecular formula is C8H17N3O. The zero-order chi connectivity index (χ0) is 9.40. The Labute approximate surface area is 73.1 Å². The summed E-state index contributed by atoms with van der Waals surface area (Å²) in [4.78, 5) is 0. The summed E-state index contributed by atoms with van der Waals surface area (Å²) in [7, 11) is 0. The largest absolute Gasteiger partial charge is 0.409 e. The first-order chi connectivity index (χ1) is 5.76. The number of rotatable bonds is 6. The molecule has 4 N–H and O–H groups in total. The highest BCUT2D eigenvalue weighted by Crippen LogP contribution is 1.91. The second-order valence-corrected chi connectivity index (χ2v) is 2.52. The fourth-order valence-electron chi connectivity index (χ4n) is 0.887. The van der Waals surface area contributed by atoms with Gasteiger partial charge in [-0.25, -0.2) is 0 Å². The van der Waals surface area contributed by atoms with Gasteiger partial charge in [0, 0.05) is 0 Å². The van der Waals surface area contributed by atoms with E-state index >= 15 is 0 Å². The smallest absolute Gasteiger partial charge is 0.156 e. The predicted octanol–water partition coefficient (Wildman–Crippen LogP) is 0.677. The molecular weight excluding hydrogens is 154 g/mol. The molecule has 4 heteroatoms. The number of nitrogens with zero attached hydrogens (tertiary/aromatic N) is 1. The molecule has 0 aliphatic rings. The van der Waals surface area contributed by atoms with Crippen LogP contribution in [0.1, 0.15) is 19.8 Å². The highest BCUT2D eigenvalue weighted by molar-refractivity contribution is 5.85. The molecule has 0 aromatic carbocycles. The van der Waals surface area contributed by atoms with E-state index < -0.39 is 0 Å². The maximum absolute atomic E-state index is 8.40. The summed E-state index contributed by atoms with van der Waals surface area (Å²) >= 11 is 0. The average Bonchev–Trinajstić information content (AvgIpc) is 2.11. The molecule has 0 rings (SSSR count). The van der Waals surface area contributed by atoms with Gasteiger partial charge in [-0.15, -0.1) is 6.58 Å². The van der Waals surface area contributed by atoms with E-state index in [9.17, 15) is 0 Å². The zero-order valence-electron chi connectivity index (χ0n) is 7.45. The number of oxime groups is 1. The predicted molar refractivity (Wildman–Crippen MR) is 50.3 cm³/mol. The van der Waals surface area contributed by atoms with Crippen LogP contribution in [-0.4, -0.2) is 23.6 Å². The summed E-state index contributed by atoms with van der Waals surface area (Å²) in [5.41, 5.74) is 5.42. The summed E-state index contributed by atoms with van der Waals surface area (Å²) in [6, 6.07) is -0.0325. The van der Waals surface area contributed by atoms with Crippen LogP contribution >= 0.6 is 0 Å². The van der Waals surface area contributed by atoms with Gasteiger partial charge in [0.2, 0.25) is 0 Å². The molecule has 0 saturated heterocycles. The molecule has 1 atom stereocenters. The Hall–Kier alpha value is -1.03. The quantitative estimate of drug-likeness (QED) is 0.137. The fourth-order valence-corrected chi connectivity index (χ4v) is 0.887. The fraction of sp³-hybridized carbons (Fsp3) is 0.625. The lowest BCUT2D eigenvalue weighted by molar-refractivity contribution is 0.314. The standard InChI is InChI=1S/C8H17N3O/c1-3-5-6-10-7(4-2)8(9)11-12/h3,7,10,12H,1,4-6H2,2H3,(H2,9,11). The topological polar surface area (TPSA) is 70.6 Å². The van der Waals surface area contributed by atoms with Crippen molar-refractivity contribution in [3.05, 3.63) is 12.7 Å². The molecule has 0 aromatic heterocycles. The highest BCUT2D eigenvalue weighted by Gasteiger charge is 2.08. The molecule has 0 bridgehead atoms. The van der Waals surface area contributed by atoms with Gasteiger partial charge in [0.05, 0.1) is 6.04 Å². The van der Waals surface area contributed by atoms with E-state index in [2.05, 4.69) is 17.1 Å². The van der Waals surface area contributed by atoms with Crippen LogP contribution in [0.4, 0.5) is 0 Å². The maximum Gasteiger partial charge on any atom is 0.156 e. The summed E-state index contributed by atoms with van der Waals surface area (Å²) in [5, 5.41) is 14.5.